The average Bonchev–Trinajstić information content (AvgIpc) is 3.12. The zero-order valence-electron chi connectivity index (χ0n) is 17.5. The molecule has 12 heteroatoms. The predicted octanol–water partition coefficient (Wildman–Crippen LogP) is 3.09. The molecular weight excluding hydrogens is 436 g/mol. The zero-order valence-corrected chi connectivity index (χ0v) is 18.3. The van der Waals surface area contributed by atoms with Crippen molar-refractivity contribution in [2.24, 2.45) is 7.05 Å². The highest BCUT2D eigenvalue weighted by Crippen LogP contribution is 2.29. The minimum Gasteiger partial charge on any atom is -0.496 e. The van der Waals surface area contributed by atoms with Crippen molar-refractivity contribution in [2.75, 3.05) is 23.5 Å². The number of ether oxygens (including phenoxy) is 1. The van der Waals surface area contributed by atoms with E-state index in [1.165, 1.54) is 32.2 Å². The fourth-order valence-corrected chi connectivity index (χ4v) is 3.55. The van der Waals surface area contributed by atoms with E-state index < -0.39 is 10.8 Å². The highest BCUT2D eigenvalue weighted by molar-refractivity contribution is 7.99. The monoisotopic (exact) mass is 456 g/mol. The van der Waals surface area contributed by atoms with E-state index in [0.29, 0.717) is 22.4 Å². The Labute approximate surface area is 187 Å². The largest absolute Gasteiger partial charge is 0.496 e. The molecule has 3 rings (SSSR count). The fourth-order valence-electron chi connectivity index (χ4n) is 2.84. The standard InChI is InChI=1S/C20H20N6O5S/c1-12(27)21-14-6-4-5-13(9-14)19-23-24-20(25(19)2)32-11-18(28)22-16-8-7-15(31-3)10-17(16)26(29)30/h4-10H,11H2,1-3H3,(H,21,27)(H,22,28). The number of amides is 2. The van der Waals surface area contributed by atoms with Crippen molar-refractivity contribution in [1.82, 2.24) is 14.8 Å². The molecule has 0 atom stereocenters. The van der Waals surface area contributed by atoms with Crippen molar-refractivity contribution in [2.45, 2.75) is 12.1 Å². The Morgan fingerprint density at radius 3 is 2.66 bits per heavy atom. The van der Waals surface area contributed by atoms with Crippen molar-refractivity contribution < 1.29 is 19.2 Å². The number of nitro benzene ring substituents is 1. The van der Waals surface area contributed by atoms with Gasteiger partial charge in [-0.1, -0.05) is 23.9 Å². The summed E-state index contributed by atoms with van der Waals surface area (Å²) in [6.45, 7) is 1.43. The Morgan fingerprint density at radius 1 is 1.19 bits per heavy atom. The molecule has 11 nitrogen and oxygen atoms in total. The number of hydrogen-bond acceptors (Lipinski definition) is 8. The minimum absolute atomic E-state index is 0.0267. The van der Waals surface area contributed by atoms with Gasteiger partial charge >= 0.3 is 0 Å². The maximum absolute atomic E-state index is 12.4. The van der Waals surface area contributed by atoms with Crippen LogP contribution in [-0.2, 0) is 16.6 Å². The average molecular weight is 456 g/mol. The van der Waals surface area contributed by atoms with Gasteiger partial charge < -0.3 is 19.9 Å². The number of aromatic nitrogens is 3. The van der Waals surface area contributed by atoms with E-state index in [1.54, 1.807) is 29.8 Å². The molecule has 0 bridgehead atoms. The first kappa shape index (κ1) is 22.7. The molecule has 0 saturated heterocycles. The Morgan fingerprint density at radius 2 is 1.97 bits per heavy atom. The normalized spacial score (nSPS) is 10.5. The lowest BCUT2D eigenvalue weighted by atomic mass is 10.2. The molecule has 0 fully saturated rings. The van der Waals surface area contributed by atoms with Crippen molar-refractivity contribution in [3.05, 3.63) is 52.6 Å². The molecule has 0 aliphatic rings. The van der Waals surface area contributed by atoms with Crippen molar-refractivity contribution in [3.8, 4) is 17.1 Å². The van der Waals surface area contributed by atoms with Gasteiger partial charge in [0.15, 0.2) is 11.0 Å². The maximum Gasteiger partial charge on any atom is 0.296 e. The molecule has 2 N–H and O–H groups in total. The van der Waals surface area contributed by atoms with Crippen LogP contribution in [0.4, 0.5) is 17.1 Å². The zero-order chi connectivity index (χ0) is 23.3. The van der Waals surface area contributed by atoms with E-state index in [0.717, 1.165) is 17.3 Å². The summed E-state index contributed by atoms with van der Waals surface area (Å²) in [6.07, 6.45) is 0. The number of nitrogens with zero attached hydrogens (tertiary/aromatic N) is 4. The Bertz CT molecular complexity index is 1180. The first-order chi connectivity index (χ1) is 15.3. The third-order valence-corrected chi connectivity index (χ3v) is 5.30. The second kappa shape index (κ2) is 9.92. The minimum atomic E-state index is -0.588. The van der Waals surface area contributed by atoms with Gasteiger partial charge in [0.25, 0.3) is 5.69 Å². The molecule has 1 aromatic heterocycles. The summed E-state index contributed by atoms with van der Waals surface area (Å²) in [7, 11) is 3.16. The molecule has 0 radical (unpaired) electrons. The number of carbonyl (C=O) groups is 2. The van der Waals surface area contributed by atoms with Crippen LogP contribution in [-0.4, -0.2) is 44.4 Å². The molecular formula is C20H20N6O5S. The Kier molecular flexibility index (Phi) is 7.05. The molecule has 1 heterocycles. The van der Waals surface area contributed by atoms with Gasteiger partial charge in [0.2, 0.25) is 11.8 Å². The van der Waals surface area contributed by atoms with Gasteiger partial charge in [0.1, 0.15) is 11.4 Å². The third-order valence-electron chi connectivity index (χ3n) is 4.28. The number of anilines is 2. The number of nitro groups is 1. The van der Waals surface area contributed by atoms with Gasteiger partial charge in [-0.2, -0.15) is 0 Å². The second-order valence-corrected chi connectivity index (χ2v) is 7.55. The van der Waals surface area contributed by atoms with E-state index >= 15 is 0 Å². The number of thioether (sulfide) groups is 1. The van der Waals surface area contributed by atoms with Crippen LogP contribution in [0.25, 0.3) is 11.4 Å². The molecule has 3 aromatic rings. The molecule has 166 valence electrons. The topological polar surface area (TPSA) is 141 Å². The van der Waals surface area contributed by atoms with Gasteiger partial charge in [-0.3, -0.25) is 19.7 Å². The van der Waals surface area contributed by atoms with E-state index in [9.17, 15) is 19.7 Å². The van der Waals surface area contributed by atoms with Crippen LogP contribution in [0.2, 0.25) is 0 Å². The summed E-state index contributed by atoms with van der Waals surface area (Å²) in [4.78, 5) is 34.3. The number of rotatable bonds is 8. The molecule has 32 heavy (non-hydrogen) atoms. The summed E-state index contributed by atoms with van der Waals surface area (Å²) >= 11 is 1.14. The van der Waals surface area contributed by atoms with Gasteiger partial charge in [0, 0.05) is 25.2 Å². The number of hydrogen-bond donors (Lipinski definition) is 2. The van der Waals surface area contributed by atoms with Crippen LogP contribution in [0.15, 0.2) is 47.6 Å². The molecule has 0 unspecified atom stereocenters. The highest BCUT2D eigenvalue weighted by Gasteiger charge is 2.18. The quantitative estimate of drug-likeness (QED) is 0.299. The lowest BCUT2D eigenvalue weighted by Gasteiger charge is -2.08. The van der Waals surface area contributed by atoms with Crippen LogP contribution >= 0.6 is 11.8 Å². The Balaban J connectivity index is 1.69. The second-order valence-electron chi connectivity index (χ2n) is 6.60. The lowest BCUT2D eigenvalue weighted by molar-refractivity contribution is -0.384. The van der Waals surface area contributed by atoms with E-state index in [-0.39, 0.29) is 23.0 Å². The van der Waals surface area contributed by atoms with E-state index in [2.05, 4.69) is 20.8 Å². The lowest BCUT2D eigenvalue weighted by Crippen LogP contribution is -2.15. The smallest absolute Gasteiger partial charge is 0.296 e. The molecule has 0 saturated carbocycles. The predicted molar refractivity (Wildman–Crippen MR) is 120 cm³/mol. The van der Waals surface area contributed by atoms with Gasteiger partial charge in [-0.05, 0) is 24.3 Å². The first-order valence-electron chi connectivity index (χ1n) is 9.31. The fraction of sp³-hybridized carbons (Fsp3) is 0.200. The van der Waals surface area contributed by atoms with Gasteiger partial charge in [0.05, 0.1) is 23.9 Å². The molecule has 0 aliphatic carbocycles. The van der Waals surface area contributed by atoms with Crippen molar-refractivity contribution in [3.63, 3.8) is 0 Å². The van der Waals surface area contributed by atoms with Crippen LogP contribution < -0.4 is 15.4 Å². The number of nitrogens with one attached hydrogen (secondary N) is 2. The van der Waals surface area contributed by atoms with Crippen molar-refractivity contribution >= 4 is 40.6 Å². The van der Waals surface area contributed by atoms with E-state index in [1.807, 2.05) is 6.07 Å². The van der Waals surface area contributed by atoms with Crippen LogP contribution in [0, 0.1) is 10.1 Å². The molecule has 0 spiro atoms. The molecule has 0 aliphatic heterocycles. The van der Waals surface area contributed by atoms with Gasteiger partial charge in [-0.15, -0.1) is 10.2 Å². The Hall–Kier alpha value is -3.93. The molecule has 2 amide bonds. The summed E-state index contributed by atoms with van der Waals surface area (Å²) in [5, 5.41) is 25.3. The summed E-state index contributed by atoms with van der Waals surface area (Å²) < 4.78 is 6.71. The number of benzene rings is 2. The van der Waals surface area contributed by atoms with Crippen molar-refractivity contribution in [1.29, 1.82) is 0 Å². The highest BCUT2D eigenvalue weighted by atomic mass is 32.2. The van der Waals surface area contributed by atoms with Crippen LogP contribution in [0.5, 0.6) is 5.75 Å². The maximum atomic E-state index is 12.4. The first-order valence-corrected chi connectivity index (χ1v) is 10.3. The number of methoxy groups -OCH3 is 1. The van der Waals surface area contributed by atoms with E-state index in [4.69, 9.17) is 4.74 Å². The molecule has 2 aromatic carbocycles. The summed E-state index contributed by atoms with van der Waals surface area (Å²) in [5.41, 5.74) is 1.20. The number of carbonyl (C=O) groups excluding carboxylic acids is 2. The van der Waals surface area contributed by atoms with Gasteiger partial charge in [-0.25, -0.2) is 0 Å². The summed E-state index contributed by atoms with van der Waals surface area (Å²) in [5.74, 6) is 0.241. The third kappa shape index (κ3) is 5.40. The SMILES string of the molecule is COc1ccc(NC(=O)CSc2nnc(-c3cccc(NC(C)=O)c3)n2C)c([N+](=O)[O-])c1. The van der Waals surface area contributed by atoms with Crippen LogP contribution in [0.1, 0.15) is 6.92 Å². The van der Waals surface area contributed by atoms with Crippen LogP contribution in [0.3, 0.4) is 0 Å². The summed E-state index contributed by atoms with van der Waals surface area (Å²) in [6, 6.07) is 11.3.